The third-order valence-electron chi connectivity index (χ3n) is 8.74. The Morgan fingerprint density at radius 1 is 0.932 bits per heavy atom. The van der Waals surface area contributed by atoms with Crippen LogP contribution in [-0.2, 0) is 23.1 Å². The van der Waals surface area contributed by atoms with Crippen LogP contribution in [0.4, 0.5) is 0 Å². The Kier molecular flexibility index (Phi) is 7.31. The number of aromatic nitrogens is 6. The summed E-state index contributed by atoms with van der Waals surface area (Å²) in [5, 5.41) is 27.8. The van der Waals surface area contributed by atoms with Gasteiger partial charge in [0.25, 0.3) is 0 Å². The summed E-state index contributed by atoms with van der Waals surface area (Å²) in [6.45, 7) is 1.26. The van der Waals surface area contributed by atoms with Gasteiger partial charge in [0.05, 0.1) is 28.9 Å². The maximum atomic E-state index is 13.4. The van der Waals surface area contributed by atoms with Gasteiger partial charge < -0.3 is 15.0 Å². The van der Waals surface area contributed by atoms with E-state index >= 15 is 0 Å². The number of nitrogens with zero attached hydrogens (tertiary/aromatic N) is 5. The first kappa shape index (κ1) is 27.8. The number of pyridine rings is 1. The molecule has 220 valence electrons. The standard InChI is InChI=1S/C34H30ClN7O2/c35-30-26-13-16-36-21-28(26)37-31(30)27-8-4-7-25(32(27)44)24-11-9-22(10-12-24)19-29(43)42-17-14-34(15-18-42,33-38-40-41-39-33)20-23-5-2-1-3-6-23/h1-13,16,21,37,44H,14-15,17-20H2,(H,38,39,40,41). The molecule has 0 radical (unpaired) electrons. The molecule has 3 aromatic carbocycles. The number of aromatic amines is 2. The Hall–Kier alpha value is -5.02. The van der Waals surface area contributed by atoms with E-state index in [9.17, 15) is 9.90 Å². The predicted molar refractivity (Wildman–Crippen MR) is 169 cm³/mol. The summed E-state index contributed by atoms with van der Waals surface area (Å²) in [5.41, 5.74) is 5.45. The predicted octanol–water partition coefficient (Wildman–Crippen LogP) is 6.11. The van der Waals surface area contributed by atoms with E-state index in [0.29, 0.717) is 47.2 Å². The third-order valence-corrected chi connectivity index (χ3v) is 9.13. The molecule has 0 spiro atoms. The second-order valence-corrected chi connectivity index (χ2v) is 11.7. The summed E-state index contributed by atoms with van der Waals surface area (Å²) in [5.74, 6) is 0.929. The highest BCUT2D eigenvalue weighted by Crippen LogP contribution is 2.42. The van der Waals surface area contributed by atoms with Crippen LogP contribution < -0.4 is 0 Å². The number of carbonyl (C=O) groups excluding carboxylic acids is 1. The number of hydrogen-bond acceptors (Lipinski definition) is 6. The number of fused-ring (bicyclic) bond motifs is 1. The van der Waals surface area contributed by atoms with Crippen LogP contribution in [0.3, 0.4) is 0 Å². The van der Waals surface area contributed by atoms with E-state index in [2.05, 4.69) is 42.7 Å². The summed E-state index contributed by atoms with van der Waals surface area (Å²) in [7, 11) is 0. The zero-order valence-electron chi connectivity index (χ0n) is 23.9. The van der Waals surface area contributed by atoms with E-state index in [1.54, 1.807) is 12.4 Å². The molecule has 1 aliphatic rings. The van der Waals surface area contributed by atoms with Gasteiger partial charge in [-0.25, -0.2) is 0 Å². The number of tetrazole rings is 1. The van der Waals surface area contributed by atoms with Crippen LogP contribution >= 0.6 is 11.6 Å². The van der Waals surface area contributed by atoms with E-state index in [1.165, 1.54) is 5.56 Å². The summed E-state index contributed by atoms with van der Waals surface area (Å²) < 4.78 is 0. The number of carbonyl (C=O) groups is 1. The van der Waals surface area contributed by atoms with E-state index in [4.69, 9.17) is 11.6 Å². The van der Waals surface area contributed by atoms with Crippen LogP contribution in [0.2, 0.25) is 5.02 Å². The monoisotopic (exact) mass is 603 g/mol. The highest BCUT2D eigenvalue weighted by atomic mass is 35.5. The topological polar surface area (TPSA) is 124 Å². The number of H-pyrrole nitrogens is 2. The minimum atomic E-state index is -0.267. The minimum absolute atomic E-state index is 0.0898. The fourth-order valence-electron chi connectivity index (χ4n) is 6.30. The van der Waals surface area contributed by atoms with Crippen molar-refractivity contribution in [3.8, 4) is 28.1 Å². The number of amides is 1. The first-order chi connectivity index (χ1) is 21.5. The number of hydrogen-bond donors (Lipinski definition) is 3. The van der Waals surface area contributed by atoms with Crippen molar-refractivity contribution >= 4 is 28.4 Å². The number of halogens is 1. The molecular formula is C34H30ClN7O2. The molecule has 1 fully saturated rings. The molecule has 1 amide bonds. The number of aromatic hydroxyl groups is 1. The fraction of sp³-hybridized carbons (Fsp3) is 0.206. The largest absolute Gasteiger partial charge is 0.507 e. The Balaban J connectivity index is 1.04. The molecule has 0 bridgehead atoms. The summed E-state index contributed by atoms with van der Waals surface area (Å²) >= 11 is 6.66. The van der Waals surface area contributed by atoms with E-state index in [0.717, 1.165) is 41.3 Å². The number of likely N-dealkylation sites (tertiary alicyclic amines) is 1. The summed E-state index contributed by atoms with van der Waals surface area (Å²) in [4.78, 5) is 22.7. The van der Waals surface area contributed by atoms with Gasteiger partial charge in [0.2, 0.25) is 5.91 Å². The SMILES string of the molecule is O=C(Cc1ccc(-c2cccc(-c3[nH]c4cnccc4c3Cl)c2O)cc1)N1CCC(Cc2ccccc2)(c2nn[nH]n2)CC1. The molecule has 44 heavy (non-hydrogen) atoms. The zero-order chi connectivity index (χ0) is 30.1. The van der Waals surface area contributed by atoms with Gasteiger partial charge in [-0.3, -0.25) is 9.78 Å². The zero-order valence-corrected chi connectivity index (χ0v) is 24.6. The van der Waals surface area contributed by atoms with E-state index in [-0.39, 0.29) is 17.1 Å². The van der Waals surface area contributed by atoms with Crippen molar-refractivity contribution in [3.63, 3.8) is 0 Å². The Bertz CT molecular complexity index is 1910. The number of benzene rings is 3. The molecule has 1 aliphatic heterocycles. The van der Waals surface area contributed by atoms with Crippen LogP contribution in [0.15, 0.2) is 91.3 Å². The molecule has 10 heteroatoms. The van der Waals surface area contributed by atoms with E-state index in [1.807, 2.05) is 71.6 Å². The Labute approximate surface area is 258 Å². The van der Waals surface area contributed by atoms with Crippen LogP contribution in [0.5, 0.6) is 5.75 Å². The van der Waals surface area contributed by atoms with Gasteiger partial charge in [0, 0.05) is 41.2 Å². The van der Waals surface area contributed by atoms with E-state index < -0.39 is 0 Å². The van der Waals surface area contributed by atoms with Crippen LogP contribution in [0, 0.1) is 0 Å². The lowest BCUT2D eigenvalue weighted by atomic mass is 9.73. The summed E-state index contributed by atoms with van der Waals surface area (Å²) in [6, 6.07) is 25.6. The lowest BCUT2D eigenvalue weighted by molar-refractivity contribution is -0.132. The summed E-state index contributed by atoms with van der Waals surface area (Å²) in [6.07, 6.45) is 6.03. The maximum absolute atomic E-state index is 13.4. The van der Waals surface area contributed by atoms with Gasteiger partial charge >= 0.3 is 0 Å². The van der Waals surface area contributed by atoms with Crippen molar-refractivity contribution in [2.75, 3.05) is 13.1 Å². The number of rotatable bonds is 7. The number of piperidine rings is 1. The van der Waals surface area contributed by atoms with Crippen LogP contribution in [-0.4, -0.2) is 59.6 Å². The molecule has 7 rings (SSSR count). The average Bonchev–Trinajstić information content (AvgIpc) is 3.72. The first-order valence-electron chi connectivity index (χ1n) is 14.6. The Morgan fingerprint density at radius 3 is 2.43 bits per heavy atom. The van der Waals surface area contributed by atoms with Crippen molar-refractivity contribution in [1.82, 2.24) is 35.5 Å². The van der Waals surface area contributed by atoms with Crippen molar-refractivity contribution < 1.29 is 9.90 Å². The highest BCUT2D eigenvalue weighted by Gasteiger charge is 2.40. The average molecular weight is 604 g/mol. The smallest absolute Gasteiger partial charge is 0.226 e. The van der Waals surface area contributed by atoms with Crippen molar-refractivity contribution in [2.45, 2.75) is 31.1 Å². The quantitative estimate of drug-likeness (QED) is 0.202. The molecule has 3 N–H and O–H groups in total. The molecule has 1 saturated heterocycles. The third kappa shape index (κ3) is 5.20. The second-order valence-electron chi connectivity index (χ2n) is 11.4. The molecule has 0 aliphatic carbocycles. The van der Waals surface area contributed by atoms with Crippen molar-refractivity contribution in [2.24, 2.45) is 0 Å². The van der Waals surface area contributed by atoms with Crippen molar-refractivity contribution in [3.05, 3.63) is 113 Å². The van der Waals surface area contributed by atoms with Crippen molar-refractivity contribution in [1.29, 1.82) is 0 Å². The minimum Gasteiger partial charge on any atom is -0.507 e. The fourth-order valence-corrected chi connectivity index (χ4v) is 6.61. The molecule has 4 heterocycles. The van der Waals surface area contributed by atoms with Crippen LogP contribution in [0.1, 0.15) is 29.8 Å². The highest BCUT2D eigenvalue weighted by molar-refractivity contribution is 6.38. The number of phenolic OH excluding ortho intramolecular Hbond substituents is 1. The second kappa shape index (κ2) is 11.6. The molecule has 0 atom stereocenters. The number of phenols is 1. The van der Waals surface area contributed by atoms with Gasteiger partial charge in [-0.05, 0) is 48.1 Å². The molecule has 0 saturated carbocycles. The van der Waals surface area contributed by atoms with Gasteiger partial charge in [0.1, 0.15) is 5.75 Å². The maximum Gasteiger partial charge on any atom is 0.226 e. The first-order valence-corrected chi connectivity index (χ1v) is 15.0. The number of para-hydroxylation sites is 1. The lowest BCUT2D eigenvalue weighted by Gasteiger charge is -2.40. The molecule has 0 unspecified atom stereocenters. The number of nitrogens with one attached hydrogen (secondary N) is 2. The van der Waals surface area contributed by atoms with Gasteiger partial charge in [-0.2, -0.15) is 5.21 Å². The molecule has 9 nitrogen and oxygen atoms in total. The van der Waals surface area contributed by atoms with Crippen LogP contribution in [0.25, 0.3) is 33.3 Å². The Morgan fingerprint density at radius 2 is 1.70 bits per heavy atom. The molecule has 3 aromatic heterocycles. The van der Waals surface area contributed by atoms with Gasteiger partial charge in [0.15, 0.2) is 5.82 Å². The van der Waals surface area contributed by atoms with Gasteiger partial charge in [-0.1, -0.05) is 83.5 Å². The normalized spacial score (nSPS) is 14.6. The van der Waals surface area contributed by atoms with Gasteiger partial charge in [-0.15, -0.1) is 10.2 Å². The molecular weight excluding hydrogens is 574 g/mol. The molecule has 6 aromatic rings. The lowest BCUT2D eigenvalue weighted by Crippen LogP contribution is -2.47.